The summed E-state index contributed by atoms with van der Waals surface area (Å²) in [5.41, 5.74) is 4.41. The summed E-state index contributed by atoms with van der Waals surface area (Å²) in [5, 5.41) is 11.6. The lowest BCUT2D eigenvalue weighted by Gasteiger charge is -2.29. The van der Waals surface area contributed by atoms with Gasteiger partial charge in [-0.1, -0.05) is 30.3 Å². The van der Waals surface area contributed by atoms with E-state index < -0.39 is 17.7 Å². The molecule has 1 aliphatic carbocycles. The molecule has 0 bridgehead atoms. The molecule has 13 heteroatoms. The van der Waals surface area contributed by atoms with Gasteiger partial charge in [0.1, 0.15) is 17.3 Å². The Morgan fingerprint density at radius 1 is 0.904 bits per heavy atom. The summed E-state index contributed by atoms with van der Waals surface area (Å²) in [6, 6.07) is 15.5. The van der Waals surface area contributed by atoms with E-state index in [1.54, 1.807) is 24.3 Å². The lowest BCUT2D eigenvalue weighted by molar-refractivity contribution is -0.130. The fourth-order valence-corrected chi connectivity index (χ4v) is 6.39. The Kier molecular flexibility index (Phi) is 11.8. The Labute approximate surface area is 303 Å². The molecule has 2 aromatic heterocycles. The first kappa shape index (κ1) is 37.8. The predicted octanol–water partition coefficient (Wildman–Crippen LogP) is 5.36. The fourth-order valence-electron chi connectivity index (χ4n) is 6.39. The van der Waals surface area contributed by atoms with Crippen molar-refractivity contribution in [3.63, 3.8) is 0 Å². The zero-order valence-corrected chi connectivity index (χ0v) is 30.6. The number of aromatic nitrogens is 3. The minimum Gasteiger partial charge on any atom is -0.444 e. The summed E-state index contributed by atoms with van der Waals surface area (Å²) in [6.45, 7) is 11.6. The lowest BCUT2D eigenvalue weighted by Crippen LogP contribution is -2.48. The van der Waals surface area contributed by atoms with Crippen molar-refractivity contribution in [1.82, 2.24) is 30.9 Å². The van der Waals surface area contributed by atoms with Gasteiger partial charge < -0.3 is 36.0 Å². The van der Waals surface area contributed by atoms with Crippen molar-refractivity contribution in [3.8, 4) is 11.1 Å². The number of rotatable bonds is 11. The number of H-pyrrole nitrogens is 2. The molecule has 52 heavy (non-hydrogen) atoms. The van der Waals surface area contributed by atoms with Crippen LogP contribution in [0.3, 0.4) is 0 Å². The van der Waals surface area contributed by atoms with Crippen molar-refractivity contribution < 1.29 is 23.9 Å². The van der Waals surface area contributed by atoms with E-state index >= 15 is 0 Å². The number of aryl methyl sites for hydroxylation is 1. The second-order valence-corrected chi connectivity index (χ2v) is 14.8. The van der Waals surface area contributed by atoms with Crippen molar-refractivity contribution in [1.29, 1.82) is 0 Å². The highest BCUT2D eigenvalue weighted by atomic mass is 16.6. The molecule has 0 aliphatic heterocycles. The average Bonchev–Trinajstić information content (AvgIpc) is 3.45. The molecular weight excluding hydrogens is 662 g/mol. The first-order valence-corrected chi connectivity index (χ1v) is 17.8. The second kappa shape index (κ2) is 16.3. The quantitative estimate of drug-likeness (QED) is 0.121. The highest BCUT2D eigenvalue weighted by Gasteiger charge is 2.30. The predicted molar refractivity (Wildman–Crippen MR) is 200 cm³/mol. The van der Waals surface area contributed by atoms with E-state index in [9.17, 15) is 24.0 Å². The monoisotopic (exact) mass is 711 g/mol. The number of hydrogen-bond acceptors (Lipinski definition) is 7. The minimum atomic E-state index is -0.881. The molecule has 2 aromatic carbocycles. The number of aromatic amines is 2. The summed E-state index contributed by atoms with van der Waals surface area (Å²) < 4.78 is 5.34. The molecule has 0 spiro atoms. The second-order valence-electron chi connectivity index (χ2n) is 14.8. The topological polar surface area (TPSA) is 187 Å². The van der Waals surface area contributed by atoms with E-state index in [-0.39, 0.29) is 47.7 Å². The Hall–Kier alpha value is -5.46. The van der Waals surface area contributed by atoms with E-state index in [1.165, 1.54) is 0 Å². The fraction of sp³-hybridized carbons (Fsp3) is 0.436. The summed E-state index contributed by atoms with van der Waals surface area (Å²) in [5.74, 6) is -0.839. The number of carbonyl (C=O) groups is 4. The van der Waals surface area contributed by atoms with Crippen LogP contribution in [0.4, 0.5) is 10.5 Å². The molecule has 1 fully saturated rings. The van der Waals surface area contributed by atoms with Gasteiger partial charge in [0, 0.05) is 41.9 Å². The minimum absolute atomic E-state index is 0.000669. The molecule has 1 atom stereocenters. The van der Waals surface area contributed by atoms with Crippen LogP contribution in [-0.2, 0) is 20.7 Å². The summed E-state index contributed by atoms with van der Waals surface area (Å²) >= 11 is 0. The Morgan fingerprint density at radius 3 is 2.25 bits per heavy atom. The average molecular weight is 712 g/mol. The van der Waals surface area contributed by atoms with Gasteiger partial charge in [-0.2, -0.15) is 0 Å². The number of alkyl carbamates (subject to hydrolysis) is 1. The van der Waals surface area contributed by atoms with Gasteiger partial charge in [-0.3, -0.25) is 14.4 Å². The van der Waals surface area contributed by atoms with Crippen LogP contribution in [0.1, 0.15) is 82.0 Å². The van der Waals surface area contributed by atoms with Crippen molar-refractivity contribution in [2.45, 2.75) is 91.3 Å². The van der Waals surface area contributed by atoms with Gasteiger partial charge in [-0.05, 0) is 109 Å². The maximum atomic E-state index is 13.8. The van der Waals surface area contributed by atoms with Gasteiger partial charge in [0.05, 0.1) is 11.0 Å². The maximum Gasteiger partial charge on any atom is 0.407 e. The number of fused-ring (bicyclic) bond motifs is 1. The lowest BCUT2D eigenvalue weighted by atomic mass is 9.81. The highest BCUT2D eigenvalue weighted by Crippen LogP contribution is 2.29. The Morgan fingerprint density at radius 2 is 1.60 bits per heavy atom. The van der Waals surface area contributed by atoms with Crippen molar-refractivity contribution in [2.24, 2.45) is 11.8 Å². The first-order chi connectivity index (χ1) is 24.6. The molecule has 13 nitrogen and oxygen atoms in total. The van der Waals surface area contributed by atoms with E-state index in [0.29, 0.717) is 47.5 Å². The third-order valence-electron chi connectivity index (χ3n) is 9.01. The van der Waals surface area contributed by atoms with E-state index in [4.69, 9.17) is 4.74 Å². The van der Waals surface area contributed by atoms with Gasteiger partial charge >= 0.3 is 11.8 Å². The number of nitrogens with zero attached hydrogens (tertiary/aromatic N) is 1. The number of nitrogens with one attached hydrogen (secondary N) is 6. The Balaban J connectivity index is 1.26. The molecule has 1 saturated carbocycles. The number of hydrogen-bond donors (Lipinski definition) is 6. The van der Waals surface area contributed by atoms with Crippen LogP contribution in [0, 0.1) is 18.8 Å². The van der Waals surface area contributed by atoms with Crippen molar-refractivity contribution in [2.75, 3.05) is 11.9 Å². The smallest absolute Gasteiger partial charge is 0.407 e. The zero-order valence-electron chi connectivity index (χ0n) is 30.6. The molecule has 4 aromatic rings. The molecule has 0 saturated heterocycles. The zero-order chi connectivity index (χ0) is 37.6. The third-order valence-corrected chi connectivity index (χ3v) is 9.01. The third kappa shape index (κ3) is 10.3. The SMILES string of the molecule is Cc1nc(C(=O)NC(C)C)ccc1-c1ccc(C[C@H](NC(=O)C2CCC(CNC(=O)OC(C)(C)C)CC2)C(=O)Nc2ccc3[nH]c(=O)[nH]c3c2)cc1. The molecule has 4 amide bonds. The van der Waals surface area contributed by atoms with Crippen LogP contribution in [-0.4, -0.2) is 63.0 Å². The van der Waals surface area contributed by atoms with Crippen LogP contribution in [0.2, 0.25) is 0 Å². The van der Waals surface area contributed by atoms with Crippen LogP contribution in [0.25, 0.3) is 22.2 Å². The van der Waals surface area contributed by atoms with Crippen LogP contribution in [0.5, 0.6) is 0 Å². The van der Waals surface area contributed by atoms with Gasteiger partial charge in [0.25, 0.3) is 5.91 Å². The maximum absolute atomic E-state index is 13.8. The first-order valence-electron chi connectivity index (χ1n) is 17.8. The molecule has 276 valence electrons. The van der Waals surface area contributed by atoms with Crippen LogP contribution in [0.15, 0.2) is 59.4 Å². The van der Waals surface area contributed by atoms with Crippen LogP contribution < -0.4 is 27.0 Å². The van der Waals surface area contributed by atoms with Gasteiger partial charge in [-0.15, -0.1) is 0 Å². The standard InChI is InChI=1S/C39H49N7O6/c1-22(2)41-35(48)31-18-16-29(23(3)42-31)26-11-7-24(8-12-26)19-33(36(49)43-28-15-17-30-32(20-28)46-37(50)45-30)44-34(47)27-13-9-25(10-14-27)21-40-38(51)52-39(4,5)6/h7-8,11-12,15-18,20,22,25,27,33H,9-10,13-14,19,21H2,1-6H3,(H,40,51)(H,41,48)(H,43,49)(H,44,47)(H2,45,46,50)/t25?,27?,33-/m0/s1. The van der Waals surface area contributed by atoms with E-state index in [1.807, 2.05) is 71.9 Å². The van der Waals surface area contributed by atoms with Gasteiger partial charge in [-0.25, -0.2) is 14.6 Å². The number of imidazole rings is 1. The van der Waals surface area contributed by atoms with Gasteiger partial charge in [0.15, 0.2) is 0 Å². The molecule has 0 unspecified atom stereocenters. The number of carbonyl (C=O) groups excluding carboxylic acids is 4. The van der Waals surface area contributed by atoms with E-state index in [2.05, 4.69) is 36.2 Å². The summed E-state index contributed by atoms with van der Waals surface area (Å²) in [7, 11) is 0. The number of benzene rings is 2. The normalized spacial score (nSPS) is 16.6. The number of pyridine rings is 1. The van der Waals surface area contributed by atoms with Gasteiger partial charge in [0.2, 0.25) is 11.8 Å². The number of amides is 4. The summed E-state index contributed by atoms with van der Waals surface area (Å²) in [4.78, 5) is 73.6. The summed E-state index contributed by atoms with van der Waals surface area (Å²) in [6.07, 6.45) is 2.59. The van der Waals surface area contributed by atoms with Crippen LogP contribution >= 0.6 is 0 Å². The molecule has 0 radical (unpaired) electrons. The molecule has 1 aliphatic rings. The largest absolute Gasteiger partial charge is 0.444 e. The molecular formula is C39H49N7O6. The van der Waals surface area contributed by atoms with E-state index in [0.717, 1.165) is 29.5 Å². The molecule has 2 heterocycles. The Bertz CT molecular complexity index is 1970. The molecule has 6 N–H and O–H groups in total. The molecule has 5 rings (SSSR count). The number of ether oxygens (including phenoxy) is 1. The van der Waals surface area contributed by atoms with Crippen molar-refractivity contribution >= 4 is 40.5 Å². The van der Waals surface area contributed by atoms with Crippen molar-refractivity contribution in [3.05, 3.63) is 82.0 Å². The highest BCUT2D eigenvalue weighted by molar-refractivity contribution is 5.99. The number of anilines is 1.